The van der Waals surface area contributed by atoms with Crippen LogP contribution in [0.4, 0.5) is 5.95 Å². The molecule has 0 spiro atoms. The van der Waals surface area contributed by atoms with Crippen LogP contribution in [0.15, 0.2) is 6.07 Å². The van der Waals surface area contributed by atoms with Crippen LogP contribution >= 0.6 is 15.9 Å². The Hall–Kier alpha value is -0.880. The maximum atomic E-state index is 5.57. The van der Waals surface area contributed by atoms with E-state index in [-0.39, 0.29) is 4.83 Å². The number of methoxy groups -OCH3 is 1. The van der Waals surface area contributed by atoms with Gasteiger partial charge in [0.1, 0.15) is 0 Å². The first-order chi connectivity index (χ1) is 9.06. The minimum absolute atomic E-state index is 0.242. The quantitative estimate of drug-likeness (QED) is 0.684. The summed E-state index contributed by atoms with van der Waals surface area (Å²) in [4.78, 5) is 11.1. The number of aryl methyl sites for hydroxylation is 1. The van der Waals surface area contributed by atoms with Crippen molar-refractivity contribution in [2.75, 3.05) is 38.8 Å². The Morgan fingerprint density at radius 2 is 2.16 bits per heavy atom. The third-order valence-electron chi connectivity index (χ3n) is 2.43. The summed E-state index contributed by atoms with van der Waals surface area (Å²) in [5.41, 5.74) is 0.904. The zero-order valence-corrected chi connectivity index (χ0v) is 13.6. The van der Waals surface area contributed by atoms with Gasteiger partial charge in [-0.05, 0) is 13.3 Å². The van der Waals surface area contributed by atoms with Crippen molar-refractivity contribution in [3.63, 3.8) is 0 Å². The van der Waals surface area contributed by atoms with Gasteiger partial charge in [-0.25, -0.2) is 4.98 Å². The number of hydrogen-bond acceptors (Lipinski definition) is 5. The number of ether oxygens (including phenoxy) is 2. The Kier molecular flexibility index (Phi) is 7.09. The van der Waals surface area contributed by atoms with E-state index in [0.29, 0.717) is 25.0 Å². The highest BCUT2D eigenvalue weighted by molar-refractivity contribution is 9.09. The lowest BCUT2D eigenvalue weighted by Gasteiger charge is -2.21. The topological polar surface area (TPSA) is 47.5 Å². The van der Waals surface area contributed by atoms with Crippen LogP contribution in [0.5, 0.6) is 5.88 Å². The molecular formula is C13H22BrN3O2. The average Bonchev–Trinajstić information content (AvgIpc) is 2.36. The van der Waals surface area contributed by atoms with Crippen molar-refractivity contribution < 1.29 is 9.47 Å². The molecule has 0 bridgehead atoms. The van der Waals surface area contributed by atoms with Gasteiger partial charge in [0, 0.05) is 32.5 Å². The fourth-order valence-corrected chi connectivity index (χ4v) is 2.29. The Bertz CT molecular complexity index is 390. The number of nitrogens with zero attached hydrogens (tertiary/aromatic N) is 3. The number of hydrogen-bond donors (Lipinski definition) is 0. The summed E-state index contributed by atoms with van der Waals surface area (Å²) in [7, 11) is 3.65. The third kappa shape index (κ3) is 5.74. The molecule has 0 aliphatic carbocycles. The summed E-state index contributed by atoms with van der Waals surface area (Å²) in [5, 5.41) is 0. The van der Waals surface area contributed by atoms with Crippen LogP contribution in [0.2, 0.25) is 0 Å². The van der Waals surface area contributed by atoms with Crippen molar-refractivity contribution in [1.29, 1.82) is 0 Å². The van der Waals surface area contributed by atoms with Gasteiger partial charge in [-0.3, -0.25) is 0 Å². The maximum Gasteiger partial charge on any atom is 0.228 e. The van der Waals surface area contributed by atoms with Crippen LogP contribution in [0.25, 0.3) is 0 Å². The van der Waals surface area contributed by atoms with Gasteiger partial charge in [-0.15, -0.1) is 0 Å². The SMILES string of the molecule is CCCOc1cc(C)nc(N(C)CC(Br)COC)n1. The smallest absolute Gasteiger partial charge is 0.228 e. The first kappa shape index (κ1) is 16.2. The lowest BCUT2D eigenvalue weighted by atomic mass is 10.4. The first-order valence-corrected chi connectivity index (χ1v) is 7.31. The van der Waals surface area contributed by atoms with E-state index in [0.717, 1.165) is 18.7 Å². The van der Waals surface area contributed by atoms with Crippen LogP contribution in [0.3, 0.4) is 0 Å². The minimum atomic E-state index is 0.242. The molecule has 1 atom stereocenters. The second-order valence-corrected chi connectivity index (χ2v) is 5.72. The Balaban J connectivity index is 2.72. The molecule has 19 heavy (non-hydrogen) atoms. The van der Waals surface area contributed by atoms with Gasteiger partial charge in [0.15, 0.2) is 0 Å². The monoisotopic (exact) mass is 331 g/mol. The summed E-state index contributed by atoms with van der Waals surface area (Å²) in [5.74, 6) is 1.31. The molecule has 0 N–H and O–H groups in total. The first-order valence-electron chi connectivity index (χ1n) is 6.39. The molecule has 0 saturated heterocycles. The predicted octanol–water partition coefficient (Wildman–Crippen LogP) is 2.42. The zero-order chi connectivity index (χ0) is 14.3. The molecule has 1 aromatic heterocycles. The van der Waals surface area contributed by atoms with Crippen LogP contribution in [-0.2, 0) is 4.74 Å². The van der Waals surface area contributed by atoms with Crippen molar-refractivity contribution in [3.8, 4) is 5.88 Å². The van der Waals surface area contributed by atoms with Gasteiger partial charge in [0.05, 0.1) is 18.0 Å². The Morgan fingerprint density at radius 3 is 2.79 bits per heavy atom. The fourth-order valence-electron chi connectivity index (χ4n) is 1.59. The van der Waals surface area contributed by atoms with Crippen LogP contribution < -0.4 is 9.64 Å². The highest BCUT2D eigenvalue weighted by atomic mass is 79.9. The Morgan fingerprint density at radius 1 is 1.42 bits per heavy atom. The number of rotatable bonds is 8. The number of aromatic nitrogens is 2. The van der Waals surface area contributed by atoms with Gasteiger partial charge in [-0.2, -0.15) is 4.98 Å². The lowest BCUT2D eigenvalue weighted by Crippen LogP contribution is -2.29. The molecule has 1 rings (SSSR count). The molecule has 5 nitrogen and oxygen atoms in total. The number of alkyl halides is 1. The lowest BCUT2D eigenvalue weighted by molar-refractivity contribution is 0.201. The minimum Gasteiger partial charge on any atom is -0.478 e. The van der Waals surface area contributed by atoms with E-state index in [1.807, 2.05) is 24.9 Å². The standard InChI is InChI=1S/C13H22BrN3O2/c1-5-6-19-12-7-10(2)15-13(16-12)17(3)8-11(14)9-18-4/h7,11H,5-6,8-9H2,1-4H3. The average molecular weight is 332 g/mol. The van der Waals surface area contributed by atoms with Gasteiger partial charge < -0.3 is 14.4 Å². The largest absolute Gasteiger partial charge is 0.478 e. The summed E-state index contributed by atoms with van der Waals surface area (Å²) in [6.07, 6.45) is 0.964. The third-order valence-corrected chi connectivity index (χ3v) is 2.99. The normalized spacial score (nSPS) is 12.3. The fraction of sp³-hybridized carbons (Fsp3) is 0.692. The summed E-state index contributed by atoms with van der Waals surface area (Å²) >= 11 is 3.56. The summed E-state index contributed by atoms with van der Waals surface area (Å²) < 4.78 is 10.7. The zero-order valence-electron chi connectivity index (χ0n) is 12.0. The highest BCUT2D eigenvalue weighted by Gasteiger charge is 2.12. The van der Waals surface area contributed by atoms with Crippen molar-refractivity contribution in [2.45, 2.75) is 25.1 Å². The molecule has 0 fully saturated rings. The molecule has 0 aromatic carbocycles. The Labute approximate surface area is 123 Å². The molecule has 6 heteroatoms. The molecule has 1 aromatic rings. The summed E-state index contributed by atoms with van der Waals surface area (Å²) in [6.45, 7) is 6.10. The second kappa shape index (κ2) is 8.32. The van der Waals surface area contributed by atoms with Gasteiger partial charge in [-0.1, -0.05) is 22.9 Å². The molecular weight excluding hydrogens is 310 g/mol. The molecule has 0 aliphatic heterocycles. The second-order valence-electron chi connectivity index (χ2n) is 4.43. The predicted molar refractivity (Wildman–Crippen MR) is 80.4 cm³/mol. The van der Waals surface area contributed by atoms with Crippen molar-refractivity contribution >= 4 is 21.9 Å². The van der Waals surface area contributed by atoms with Gasteiger partial charge in [0.2, 0.25) is 11.8 Å². The van der Waals surface area contributed by atoms with E-state index in [9.17, 15) is 0 Å². The molecule has 0 amide bonds. The van der Waals surface area contributed by atoms with Crippen LogP contribution in [0.1, 0.15) is 19.0 Å². The number of anilines is 1. The van der Waals surface area contributed by atoms with Crippen molar-refractivity contribution in [2.24, 2.45) is 0 Å². The molecule has 0 aliphatic rings. The number of halogens is 1. The van der Waals surface area contributed by atoms with E-state index in [1.54, 1.807) is 7.11 Å². The van der Waals surface area contributed by atoms with E-state index >= 15 is 0 Å². The van der Waals surface area contributed by atoms with E-state index in [4.69, 9.17) is 9.47 Å². The molecule has 1 heterocycles. The molecule has 1 unspecified atom stereocenters. The van der Waals surface area contributed by atoms with Gasteiger partial charge >= 0.3 is 0 Å². The molecule has 108 valence electrons. The van der Waals surface area contributed by atoms with Gasteiger partial charge in [0.25, 0.3) is 0 Å². The van der Waals surface area contributed by atoms with E-state index in [2.05, 4.69) is 32.8 Å². The van der Waals surface area contributed by atoms with Crippen LogP contribution in [-0.4, -0.2) is 48.7 Å². The molecule has 0 radical (unpaired) electrons. The van der Waals surface area contributed by atoms with E-state index < -0.39 is 0 Å². The molecule has 0 saturated carbocycles. The maximum absolute atomic E-state index is 5.57. The van der Waals surface area contributed by atoms with Crippen molar-refractivity contribution in [1.82, 2.24) is 9.97 Å². The van der Waals surface area contributed by atoms with E-state index in [1.165, 1.54) is 0 Å². The highest BCUT2D eigenvalue weighted by Crippen LogP contribution is 2.16. The summed E-state index contributed by atoms with van der Waals surface area (Å²) in [6, 6.07) is 1.85. The van der Waals surface area contributed by atoms with Crippen LogP contribution in [0, 0.1) is 6.92 Å². The van der Waals surface area contributed by atoms with Crippen molar-refractivity contribution in [3.05, 3.63) is 11.8 Å².